The zero-order valence-corrected chi connectivity index (χ0v) is 6.97. The maximum atomic E-state index is 11.1. The Balaban J connectivity index is 2.60. The molecule has 0 aliphatic carbocycles. The van der Waals surface area contributed by atoms with Crippen LogP contribution >= 0.6 is 0 Å². The van der Waals surface area contributed by atoms with Crippen LogP contribution in [0.2, 0.25) is 0 Å². The van der Waals surface area contributed by atoms with Gasteiger partial charge in [-0.1, -0.05) is 0 Å². The van der Waals surface area contributed by atoms with Crippen LogP contribution in [-0.2, 0) is 10.0 Å². The van der Waals surface area contributed by atoms with Gasteiger partial charge < -0.3 is 10.4 Å². The van der Waals surface area contributed by atoms with Gasteiger partial charge in [0.2, 0.25) is 10.0 Å². The molecule has 6 heteroatoms. The van der Waals surface area contributed by atoms with E-state index < -0.39 is 10.0 Å². The minimum atomic E-state index is -3.12. The summed E-state index contributed by atoms with van der Waals surface area (Å²) in [5.74, 6) is -0.00694. The Morgan fingerprint density at radius 1 is 1.55 bits per heavy atom. The highest BCUT2D eigenvalue weighted by Crippen LogP contribution is 2.02. The summed E-state index contributed by atoms with van der Waals surface area (Å²) < 4.78 is 23.5. The number of nitrogens with zero attached hydrogens (tertiary/aromatic N) is 1. The molecular weight excluding hydrogens is 168 g/mol. The molecule has 1 rings (SSSR count). The van der Waals surface area contributed by atoms with E-state index in [0.717, 1.165) is 0 Å². The van der Waals surface area contributed by atoms with Crippen LogP contribution in [0.1, 0.15) is 0 Å². The van der Waals surface area contributed by atoms with Crippen molar-refractivity contribution in [3.63, 3.8) is 0 Å². The van der Waals surface area contributed by atoms with Crippen molar-refractivity contribution in [3.05, 3.63) is 0 Å². The van der Waals surface area contributed by atoms with Crippen molar-refractivity contribution in [2.45, 2.75) is 0 Å². The second-order valence-electron chi connectivity index (χ2n) is 2.38. The summed E-state index contributed by atoms with van der Waals surface area (Å²) in [4.78, 5) is 0. The van der Waals surface area contributed by atoms with Crippen molar-refractivity contribution in [2.24, 2.45) is 0 Å². The maximum absolute atomic E-state index is 11.1. The van der Waals surface area contributed by atoms with Gasteiger partial charge in [-0.25, -0.2) is 8.42 Å². The molecule has 66 valence electrons. The molecule has 0 aromatic rings. The third-order valence-electron chi connectivity index (χ3n) is 1.57. The van der Waals surface area contributed by atoms with Gasteiger partial charge in [-0.2, -0.15) is 4.31 Å². The number of hydrogen-bond donors (Lipinski definition) is 2. The smallest absolute Gasteiger partial charge is 0.227 e. The standard InChI is InChI=1S/C5H12N2O3S/c8-4-3-7-2-1-6-5-11(7,9)10/h6,8H,1-5H2. The third-order valence-corrected chi connectivity index (χ3v) is 3.29. The van der Waals surface area contributed by atoms with Crippen LogP contribution in [0.25, 0.3) is 0 Å². The predicted molar refractivity (Wildman–Crippen MR) is 40.4 cm³/mol. The molecule has 0 bridgehead atoms. The van der Waals surface area contributed by atoms with Gasteiger partial charge in [-0.3, -0.25) is 0 Å². The van der Waals surface area contributed by atoms with E-state index in [-0.39, 0.29) is 19.0 Å². The molecule has 0 aromatic carbocycles. The first-order valence-electron chi connectivity index (χ1n) is 3.46. The molecule has 11 heavy (non-hydrogen) atoms. The first-order valence-corrected chi connectivity index (χ1v) is 5.07. The SMILES string of the molecule is O=S1(=O)CNCCN1CCO. The first kappa shape index (κ1) is 8.92. The number of aliphatic hydroxyl groups excluding tert-OH is 1. The van der Waals surface area contributed by atoms with Crippen molar-refractivity contribution < 1.29 is 13.5 Å². The van der Waals surface area contributed by atoms with Gasteiger partial charge in [-0.15, -0.1) is 0 Å². The molecule has 5 nitrogen and oxygen atoms in total. The first-order chi connectivity index (χ1) is 5.17. The van der Waals surface area contributed by atoms with E-state index in [0.29, 0.717) is 13.1 Å². The fourth-order valence-corrected chi connectivity index (χ4v) is 2.31. The van der Waals surface area contributed by atoms with Crippen LogP contribution in [0, 0.1) is 0 Å². The number of sulfonamides is 1. The second-order valence-corrected chi connectivity index (χ2v) is 4.35. The third kappa shape index (κ3) is 2.13. The lowest BCUT2D eigenvalue weighted by atomic mass is 10.6. The van der Waals surface area contributed by atoms with Crippen LogP contribution in [0.3, 0.4) is 0 Å². The minimum absolute atomic E-state index is 0.00694. The highest BCUT2D eigenvalue weighted by molar-refractivity contribution is 7.89. The Kier molecular flexibility index (Phi) is 2.83. The van der Waals surface area contributed by atoms with E-state index in [2.05, 4.69) is 5.32 Å². The fourth-order valence-electron chi connectivity index (χ4n) is 0.998. The van der Waals surface area contributed by atoms with E-state index in [4.69, 9.17) is 5.11 Å². The van der Waals surface area contributed by atoms with Gasteiger partial charge in [0.15, 0.2) is 0 Å². The van der Waals surface area contributed by atoms with Crippen LogP contribution in [-0.4, -0.2) is 49.9 Å². The molecule has 2 N–H and O–H groups in total. The van der Waals surface area contributed by atoms with E-state index in [1.807, 2.05) is 0 Å². The Morgan fingerprint density at radius 3 is 2.82 bits per heavy atom. The predicted octanol–water partition coefficient (Wildman–Crippen LogP) is -1.83. The summed E-state index contributed by atoms with van der Waals surface area (Å²) in [6.07, 6.45) is 0. The quantitative estimate of drug-likeness (QED) is 0.524. The van der Waals surface area contributed by atoms with Crippen molar-refractivity contribution in [2.75, 3.05) is 32.1 Å². The minimum Gasteiger partial charge on any atom is -0.395 e. The molecule has 1 saturated heterocycles. The normalized spacial score (nSPS) is 25.2. The molecule has 1 fully saturated rings. The molecule has 1 aliphatic heterocycles. The van der Waals surface area contributed by atoms with Crippen LogP contribution in [0.4, 0.5) is 0 Å². The lowest BCUT2D eigenvalue weighted by Gasteiger charge is -2.25. The van der Waals surface area contributed by atoms with Crippen LogP contribution in [0.15, 0.2) is 0 Å². The molecule has 0 saturated carbocycles. The molecule has 0 aromatic heterocycles. The fraction of sp³-hybridized carbons (Fsp3) is 1.00. The van der Waals surface area contributed by atoms with E-state index >= 15 is 0 Å². The lowest BCUT2D eigenvalue weighted by molar-refractivity contribution is 0.249. The molecule has 1 heterocycles. The Bertz CT molecular complexity index is 212. The largest absolute Gasteiger partial charge is 0.395 e. The number of hydrogen-bond acceptors (Lipinski definition) is 4. The van der Waals surface area contributed by atoms with Gasteiger partial charge in [0.1, 0.15) is 5.88 Å². The molecule has 0 radical (unpaired) electrons. The van der Waals surface area contributed by atoms with Crippen LogP contribution in [0.5, 0.6) is 0 Å². The maximum Gasteiger partial charge on any atom is 0.227 e. The number of nitrogens with one attached hydrogen (secondary N) is 1. The molecule has 0 atom stereocenters. The zero-order chi connectivity index (χ0) is 8.32. The van der Waals surface area contributed by atoms with E-state index in [9.17, 15) is 8.42 Å². The van der Waals surface area contributed by atoms with Gasteiger partial charge in [0.25, 0.3) is 0 Å². The Labute approximate surface area is 66.1 Å². The van der Waals surface area contributed by atoms with Gasteiger partial charge in [0.05, 0.1) is 6.61 Å². The van der Waals surface area contributed by atoms with Crippen molar-refractivity contribution in [1.29, 1.82) is 0 Å². The summed E-state index contributed by atoms with van der Waals surface area (Å²) in [5, 5.41) is 11.3. The highest BCUT2D eigenvalue weighted by Gasteiger charge is 2.24. The summed E-state index contributed by atoms with van der Waals surface area (Å²) in [6, 6.07) is 0. The number of aliphatic hydroxyl groups is 1. The lowest BCUT2D eigenvalue weighted by Crippen LogP contribution is -2.48. The zero-order valence-electron chi connectivity index (χ0n) is 6.15. The average molecular weight is 180 g/mol. The second kappa shape index (κ2) is 3.48. The topological polar surface area (TPSA) is 69.6 Å². The molecule has 0 unspecified atom stereocenters. The monoisotopic (exact) mass is 180 g/mol. The Hall–Kier alpha value is -0.170. The summed E-state index contributed by atoms with van der Waals surface area (Å²) in [5.41, 5.74) is 0. The summed E-state index contributed by atoms with van der Waals surface area (Å²) in [7, 11) is -3.12. The number of rotatable bonds is 2. The van der Waals surface area contributed by atoms with Gasteiger partial charge in [-0.05, 0) is 0 Å². The molecule has 1 aliphatic rings. The van der Waals surface area contributed by atoms with Crippen LogP contribution < -0.4 is 5.32 Å². The highest BCUT2D eigenvalue weighted by atomic mass is 32.2. The Morgan fingerprint density at radius 2 is 2.27 bits per heavy atom. The van der Waals surface area contributed by atoms with Crippen molar-refractivity contribution in [3.8, 4) is 0 Å². The summed E-state index contributed by atoms with van der Waals surface area (Å²) >= 11 is 0. The van der Waals surface area contributed by atoms with Gasteiger partial charge in [0, 0.05) is 19.6 Å². The van der Waals surface area contributed by atoms with Crippen molar-refractivity contribution >= 4 is 10.0 Å². The molecule has 0 amide bonds. The summed E-state index contributed by atoms with van der Waals surface area (Å²) in [6.45, 7) is 1.23. The van der Waals surface area contributed by atoms with E-state index in [1.54, 1.807) is 0 Å². The average Bonchev–Trinajstić information content (AvgIpc) is 1.94. The number of β-amino-alcohol motifs (C(OH)–C–C–N with tert-alkyl or cyclic N) is 1. The van der Waals surface area contributed by atoms with Crippen molar-refractivity contribution in [1.82, 2.24) is 9.62 Å². The van der Waals surface area contributed by atoms with E-state index in [1.165, 1.54) is 4.31 Å². The van der Waals surface area contributed by atoms with Gasteiger partial charge >= 0.3 is 0 Å². The molecular formula is C5H12N2O3S. The molecule has 0 spiro atoms.